The third-order valence-corrected chi connectivity index (χ3v) is 7.95. The predicted molar refractivity (Wildman–Crippen MR) is 170 cm³/mol. The van der Waals surface area contributed by atoms with Gasteiger partial charge < -0.3 is 4.42 Å². The molecule has 40 heavy (non-hydrogen) atoms. The van der Waals surface area contributed by atoms with E-state index in [-0.39, 0.29) is 0 Å². The normalized spacial score (nSPS) is 11.4. The van der Waals surface area contributed by atoms with Gasteiger partial charge >= 0.3 is 0 Å². The zero-order valence-corrected chi connectivity index (χ0v) is 23.0. The first kappa shape index (κ1) is 24.2. The molecule has 0 amide bonds. The molecule has 0 spiro atoms. The summed E-state index contributed by atoms with van der Waals surface area (Å²) >= 11 is 0. The second-order valence-electron chi connectivity index (χ2n) is 10.8. The van der Waals surface area contributed by atoms with Gasteiger partial charge in [-0.3, -0.25) is 0 Å². The summed E-state index contributed by atoms with van der Waals surface area (Å²) in [5.74, 6) is 0. The molecular formula is C39H30O. The molecule has 1 heteroatoms. The first-order chi connectivity index (χ1) is 19.5. The van der Waals surface area contributed by atoms with Crippen LogP contribution in [0.5, 0.6) is 0 Å². The standard InChI is InChI=1S/C39H30O/c1-25-15-17-37-35(19-25)36-24-32(16-18-38(36)40-37)34-20-26(2)39(27(3)21-34)33-14-8-13-31(23-33)30-12-7-11-29(22-30)28-9-5-4-6-10-28/h4-24H,1-3H3. The van der Waals surface area contributed by atoms with Gasteiger partial charge in [-0.25, -0.2) is 0 Å². The molecule has 0 atom stereocenters. The maximum Gasteiger partial charge on any atom is 0.135 e. The van der Waals surface area contributed by atoms with Crippen molar-refractivity contribution < 1.29 is 4.42 Å². The third-order valence-electron chi connectivity index (χ3n) is 7.95. The summed E-state index contributed by atoms with van der Waals surface area (Å²) < 4.78 is 6.10. The Bertz CT molecular complexity index is 2000. The molecule has 0 radical (unpaired) electrons. The lowest BCUT2D eigenvalue weighted by molar-refractivity contribution is 0.669. The van der Waals surface area contributed by atoms with Crippen molar-refractivity contribution in [3.8, 4) is 44.5 Å². The fourth-order valence-electron chi connectivity index (χ4n) is 6.02. The van der Waals surface area contributed by atoms with Crippen molar-refractivity contribution in [3.63, 3.8) is 0 Å². The summed E-state index contributed by atoms with van der Waals surface area (Å²) in [5, 5.41) is 2.34. The Labute approximate surface area is 235 Å². The molecule has 1 nitrogen and oxygen atoms in total. The van der Waals surface area contributed by atoms with Crippen molar-refractivity contribution >= 4 is 21.9 Å². The monoisotopic (exact) mass is 514 g/mol. The summed E-state index contributed by atoms with van der Waals surface area (Å²) in [6.45, 7) is 6.58. The Kier molecular flexibility index (Phi) is 5.86. The Morgan fingerprint density at radius 3 is 1.60 bits per heavy atom. The van der Waals surface area contributed by atoms with E-state index in [1.165, 1.54) is 72.0 Å². The first-order valence-corrected chi connectivity index (χ1v) is 13.8. The summed E-state index contributed by atoms with van der Waals surface area (Å²) in [4.78, 5) is 0. The number of furan rings is 1. The molecule has 0 unspecified atom stereocenters. The first-order valence-electron chi connectivity index (χ1n) is 13.8. The van der Waals surface area contributed by atoms with Gasteiger partial charge in [-0.05, 0) is 113 Å². The van der Waals surface area contributed by atoms with Crippen LogP contribution in [0, 0.1) is 20.8 Å². The van der Waals surface area contributed by atoms with Crippen LogP contribution in [0.3, 0.4) is 0 Å². The van der Waals surface area contributed by atoms with Gasteiger partial charge in [0.2, 0.25) is 0 Å². The van der Waals surface area contributed by atoms with Gasteiger partial charge in [0.25, 0.3) is 0 Å². The molecule has 0 fully saturated rings. The van der Waals surface area contributed by atoms with E-state index >= 15 is 0 Å². The smallest absolute Gasteiger partial charge is 0.135 e. The Morgan fingerprint density at radius 2 is 0.900 bits per heavy atom. The van der Waals surface area contributed by atoms with Crippen molar-refractivity contribution in [2.45, 2.75) is 20.8 Å². The SMILES string of the molecule is Cc1ccc2oc3ccc(-c4cc(C)c(-c5cccc(-c6cccc(-c7ccccc7)c6)c5)c(C)c4)cc3c2c1. The summed E-state index contributed by atoms with van der Waals surface area (Å²) in [6.07, 6.45) is 0. The van der Waals surface area contributed by atoms with Crippen LogP contribution < -0.4 is 0 Å². The number of fused-ring (bicyclic) bond motifs is 3. The molecule has 0 aliphatic rings. The van der Waals surface area contributed by atoms with Crippen LogP contribution in [0.15, 0.2) is 132 Å². The van der Waals surface area contributed by atoms with Crippen LogP contribution >= 0.6 is 0 Å². The number of hydrogen-bond acceptors (Lipinski definition) is 1. The number of benzene rings is 6. The number of hydrogen-bond donors (Lipinski definition) is 0. The average molecular weight is 515 g/mol. The van der Waals surface area contributed by atoms with Crippen LogP contribution in [-0.2, 0) is 0 Å². The molecule has 1 heterocycles. The molecule has 0 bridgehead atoms. The van der Waals surface area contributed by atoms with Crippen LogP contribution in [0.25, 0.3) is 66.4 Å². The second-order valence-corrected chi connectivity index (χ2v) is 10.8. The van der Waals surface area contributed by atoms with Gasteiger partial charge in [0.05, 0.1) is 0 Å². The highest BCUT2D eigenvalue weighted by molar-refractivity contribution is 6.06. The van der Waals surface area contributed by atoms with Crippen molar-refractivity contribution in [3.05, 3.63) is 144 Å². The van der Waals surface area contributed by atoms with E-state index in [1.807, 2.05) is 0 Å². The molecule has 192 valence electrons. The van der Waals surface area contributed by atoms with Gasteiger partial charge in [-0.1, -0.05) is 96.6 Å². The minimum absolute atomic E-state index is 0.933. The Balaban J connectivity index is 1.27. The largest absolute Gasteiger partial charge is 0.456 e. The fourth-order valence-corrected chi connectivity index (χ4v) is 6.02. The quantitative estimate of drug-likeness (QED) is 0.228. The van der Waals surface area contributed by atoms with Crippen LogP contribution in [0.4, 0.5) is 0 Å². The predicted octanol–water partition coefficient (Wildman–Crippen LogP) is 11.2. The Morgan fingerprint density at radius 1 is 0.375 bits per heavy atom. The highest BCUT2D eigenvalue weighted by Gasteiger charge is 2.13. The topological polar surface area (TPSA) is 13.1 Å². The maximum absolute atomic E-state index is 6.10. The highest BCUT2D eigenvalue weighted by atomic mass is 16.3. The van der Waals surface area contributed by atoms with Crippen LogP contribution in [0.2, 0.25) is 0 Å². The van der Waals surface area contributed by atoms with Gasteiger partial charge in [-0.15, -0.1) is 0 Å². The zero-order valence-electron chi connectivity index (χ0n) is 23.0. The average Bonchev–Trinajstić information content (AvgIpc) is 3.34. The molecular weight excluding hydrogens is 484 g/mol. The highest BCUT2D eigenvalue weighted by Crippen LogP contribution is 2.37. The lowest BCUT2D eigenvalue weighted by atomic mass is 9.89. The molecule has 7 rings (SSSR count). The number of aryl methyl sites for hydroxylation is 3. The summed E-state index contributed by atoms with van der Waals surface area (Å²) in [6, 6.07) is 45.9. The van der Waals surface area contributed by atoms with Crippen molar-refractivity contribution in [1.29, 1.82) is 0 Å². The second kappa shape index (κ2) is 9.70. The van der Waals surface area contributed by atoms with Gasteiger partial charge in [0.15, 0.2) is 0 Å². The molecule has 0 saturated carbocycles. The van der Waals surface area contributed by atoms with Gasteiger partial charge in [0.1, 0.15) is 11.2 Å². The van der Waals surface area contributed by atoms with Gasteiger partial charge in [0, 0.05) is 10.8 Å². The third kappa shape index (κ3) is 4.30. The minimum atomic E-state index is 0.933. The van der Waals surface area contributed by atoms with Crippen molar-refractivity contribution in [1.82, 2.24) is 0 Å². The van der Waals surface area contributed by atoms with E-state index in [4.69, 9.17) is 4.42 Å². The van der Waals surface area contributed by atoms with E-state index in [2.05, 4.69) is 148 Å². The van der Waals surface area contributed by atoms with Crippen molar-refractivity contribution in [2.75, 3.05) is 0 Å². The number of rotatable bonds is 4. The van der Waals surface area contributed by atoms with E-state index in [0.717, 1.165) is 11.2 Å². The van der Waals surface area contributed by atoms with Crippen LogP contribution in [-0.4, -0.2) is 0 Å². The molecule has 7 aromatic rings. The van der Waals surface area contributed by atoms with E-state index in [0.29, 0.717) is 0 Å². The molecule has 0 saturated heterocycles. The van der Waals surface area contributed by atoms with E-state index in [1.54, 1.807) is 0 Å². The molecule has 0 aliphatic carbocycles. The maximum atomic E-state index is 6.10. The van der Waals surface area contributed by atoms with E-state index < -0.39 is 0 Å². The van der Waals surface area contributed by atoms with Gasteiger partial charge in [-0.2, -0.15) is 0 Å². The van der Waals surface area contributed by atoms with Crippen LogP contribution in [0.1, 0.15) is 16.7 Å². The summed E-state index contributed by atoms with van der Waals surface area (Å²) in [7, 11) is 0. The lowest BCUT2D eigenvalue weighted by Crippen LogP contribution is -1.91. The lowest BCUT2D eigenvalue weighted by Gasteiger charge is -2.15. The molecule has 0 N–H and O–H groups in total. The molecule has 1 aromatic heterocycles. The van der Waals surface area contributed by atoms with E-state index in [9.17, 15) is 0 Å². The molecule has 6 aromatic carbocycles. The zero-order chi connectivity index (χ0) is 27.2. The molecule has 0 aliphatic heterocycles. The summed E-state index contributed by atoms with van der Waals surface area (Å²) in [5.41, 5.74) is 15.6. The Hall–Kier alpha value is -4.88. The van der Waals surface area contributed by atoms with Crippen molar-refractivity contribution in [2.24, 2.45) is 0 Å². The minimum Gasteiger partial charge on any atom is -0.456 e. The fraction of sp³-hybridized carbons (Fsp3) is 0.0769.